The number of esters is 1. The van der Waals surface area contributed by atoms with Crippen LogP contribution in [0.2, 0.25) is 0 Å². The minimum Gasteiger partial charge on any atom is -0.450 e. The first-order chi connectivity index (χ1) is 5.95. The van der Waals surface area contributed by atoms with Crippen molar-refractivity contribution in [1.29, 1.82) is 0 Å². The third-order valence-electron chi connectivity index (χ3n) is 1.02. The molecule has 0 aromatic carbocycles. The van der Waals surface area contributed by atoms with E-state index in [2.05, 4.69) is 34.4 Å². The zero-order chi connectivity index (χ0) is 10.3. The summed E-state index contributed by atoms with van der Waals surface area (Å²) in [7, 11) is 0. The van der Waals surface area contributed by atoms with Crippen molar-refractivity contribution >= 4 is 28.6 Å². The maximum atomic E-state index is 11.0. The standard InChI is InChI=1S/C10H15IO2.Zn/c1-10(2,3)13-9(12)7-5-4-6-8-11;/h4,6,8H2,1-3H3;. The van der Waals surface area contributed by atoms with Gasteiger partial charge < -0.3 is 4.74 Å². The fourth-order valence-corrected chi connectivity index (χ4v) is 0.975. The number of unbranched alkanes of at least 4 members (excludes halogenated alkanes) is 1. The molecule has 0 rings (SSSR count). The normalized spacial score (nSPS) is 9.43. The first-order valence-electron chi connectivity index (χ1n) is 4.23. The SMILES string of the molecule is CC(C)(C)OC(=O)C#CCCCI.[Zn]. The van der Waals surface area contributed by atoms with Gasteiger partial charge in [0, 0.05) is 36.2 Å². The maximum absolute atomic E-state index is 11.0. The van der Waals surface area contributed by atoms with Crippen LogP contribution in [0.4, 0.5) is 0 Å². The van der Waals surface area contributed by atoms with Gasteiger partial charge in [0.1, 0.15) is 5.60 Å². The number of alkyl halides is 1. The Morgan fingerprint density at radius 1 is 1.43 bits per heavy atom. The van der Waals surface area contributed by atoms with Gasteiger partial charge in [0.25, 0.3) is 0 Å². The summed E-state index contributed by atoms with van der Waals surface area (Å²) in [5.41, 5.74) is -0.435. The van der Waals surface area contributed by atoms with E-state index in [9.17, 15) is 4.79 Å². The number of hydrogen-bond donors (Lipinski definition) is 0. The molecule has 0 amide bonds. The van der Waals surface area contributed by atoms with Gasteiger partial charge in [0.2, 0.25) is 0 Å². The van der Waals surface area contributed by atoms with Gasteiger partial charge >= 0.3 is 5.97 Å². The average Bonchev–Trinajstić information content (AvgIpc) is 1.94. The smallest absolute Gasteiger partial charge is 0.384 e. The van der Waals surface area contributed by atoms with Gasteiger partial charge in [-0.15, -0.1) is 0 Å². The van der Waals surface area contributed by atoms with Gasteiger partial charge in [-0.2, -0.15) is 0 Å². The topological polar surface area (TPSA) is 26.3 Å². The molecule has 0 aromatic rings. The van der Waals surface area contributed by atoms with Crippen LogP contribution >= 0.6 is 22.6 Å². The molecule has 0 radical (unpaired) electrons. The Morgan fingerprint density at radius 3 is 2.43 bits per heavy atom. The average molecular weight is 360 g/mol. The number of hydrogen-bond acceptors (Lipinski definition) is 2. The molecular weight excluding hydrogens is 344 g/mol. The quantitative estimate of drug-likeness (QED) is 0.144. The summed E-state index contributed by atoms with van der Waals surface area (Å²) in [5, 5.41) is 0. The molecule has 0 aliphatic heterocycles. The van der Waals surface area contributed by atoms with Crippen molar-refractivity contribution in [3.8, 4) is 11.8 Å². The van der Waals surface area contributed by atoms with E-state index >= 15 is 0 Å². The summed E-state index contributed by atoms with van der Waals surface area (Å²) in [4.78, 5) is 11.0. The van der Waals surface area contributed by atoms with E-state index in [1.165, 1.54) is 0 Å². The van der Waals surface area contributed by atoms with Crippen LogP contribution in [0.1, 0.15) is 33.6 Å². The van der Waals surface area contributed by atoms with Crippen molar-refractivity contribution in [2.75, 3.05) is 4.43 Å². The van der Waals surface area contributed by atoms with Gasteiger partial charge in [0.05, 0.1) is 0 Å². The molecule has 0 N–H and O–H groups in total. The molecule has 0 heterocycles. The zero-order valence-electron chi connectivity index (χ0n) is 9.02. The van der Waals surface area contributed by atoms with E-state index < -0.39 is 11.6 Å². The molecule has 0 atom stereocenters. The molecule has 0 saturated heterocycles. The summed E-state index contributed by atoms with van der Waals surface area (Å²) >= 11 is 2.28. The summed E-state index contributed by atoms with van der Waals surface area (Å²) in [5.74, 6) is 4.81. The second-order valence-corrected chi connectivity index (χ2v) is 4.67. The van der Waals surface area contributed by atoms with E-state index in [4.69, 9.17) is 4.74 Å². The summed E-state index contributed by atoms with van der Waals surface area (Å²) in [6.07, 6.45) is 1.79. The van der Waals surface area contributed by atoms with E-state index in [0.29, 0.717) is 0 Å². The van der Waals surface area contributed by atoms with Gasteiger partial charge in [0.15, 0.2) is 0 Å². The molecule has 0 aliphatic carbocycles. The van der Waals surface area contributed by atoms with E-state index in [0.717, 1.165) is 17.3 Å². The van der Waals surface area contributed by atoms with Crippen molar-refractivity contribution in [1.82, 2.24) is 0 Å². The molecular formula is C10H15IO2Zn. The molecule has 0 spiro atoms. The van der Waals surface area contributed by atoms with Crippen LogP contribution in [-0.2, 0) is 29.0 Å². The van der Waals surface area contributed by atoms with Gasteiger partial charge in [-0.05, 0) is 27.2 Å². The van der Waals surface area contributed by atoms with Crippen molar-refractivity contribution < 1.29 is 29.0 Å². The number of rotatable bonds is 2. The third kappa shape index (κ3) is 12.4. The number of carbonyl (C=O) groups excluding carboxylic acids is 1. The van der Waals surface area contributed by atoms with Gasteiger partial charge in [-0.3, -0.25) is 0 Å². The number of carbonyl (C=O) groups is 1. The second-order valence-electron chi connectivity index (χ2n) is 3.60. The Balaban J connectivity index is 0. The van der Waals surface area contributed by atoms with Crippen LogP contribution < -0.4 is 0 Å². The van der Waals surface area contributed by atoms with Crippen LogP contribution in [0.3, 0.4) is 0 Å². The maximum Gasteiger partial charge on any atom is 0.384 e. The fraction of sp³-hybridized carbons (Fsp3) is 0.700. The van der Waals surface area contributed by atoms with Crippen LogP contribution in [0, 0.1) is 11.8 Å². The van der Waals surface area contributed by atoms with Crippen molar-refractivity contribution in [2.45, 2.75) is 39.2 Å². The molecule has 0 saturated carbocycles. The summed E-state index contributed by atoms with van der Waals surface area (Å²) < 4.78 is 6.07. The van der Waals surface area contributed by atoms with Gasteiger partial charge in [-0.1, -0.05) is 28.5 Å². The van der Waals surface area contributed by atoms with Crippen molar-refractivity contribution in [2.24, 2.45) is 0 Å². The van der Waals surface area contributed by atoms with Crippen molar-refractivity contribution in [3.63, 3.8) is 0 Å². The van der Waals surface area contributed by atoms with Crippen LogP contribution in [0.15, 0.2) is 0 Å². The Morgan fingerprint density at radius 2 is 2.00 bits per heavy atom. The van der Waals surface area contributed by atoms with E-state index in [1.807, 2.05) is 20.8 Å². The predicted molar refractivity (Wildman–Crippen MR) is 61.7 cm³/mol. The van der Waals surface area contributed by atoms with Crippen LogP contribution in [0.25, 0.3) is 0 Å². The first-order valence-corrected chi connectivity index (χ1v) is 5.76. The minimum absolute atomic E-state index is 0. The molecule has 76 valence electrons. The molecule has 4 heteroatoms. The molecule has 0 aliphatic rings. The number of ether oxygens (including phenoxy) is 1. The monoisotopic (exact) mass is 358 g/mol. The minimum atomic E-state index is -0.435. The largest absolute Gasteiger partial charge is 0.450 e. The molecule has 0 bridgehead atoms. The second kappa shape index (κ2) is 8.67. The Kier molecular flexibility index (Phi) is 10.4. The molecule has 2 nitrogen and oxygen atoms in total. The predicted octanol–water partition coefficient (Wildman–Crippen LogP) is 2.54. The van der Waals surface area contributed by atoms with Crippen LogP contribution in [-0.4, -0.2) is 16.0 Å². The Bertz CT molecular complexity index is 223. The van der Waals surface area contributed by atoms with E-state index in [-0.39, 0.29) is 19.5 Å². The van der Waals surface area contributed by atoms with Crippen molar-refractivity contribution in [3.05, 3.63) is 0 Å². The zero-order valence-corrected chi connectivity index (χ0v) is 14.1. The Labute approximate surface area is 112 Å². The third-order valence-corrected chi connectivity index (χ3v) is 1.79. The molecule has 14 heavy (non-hydrogen) atoms. The first kappa shape index (κ1) is 16.8. The van der Waals surface area contributed by atoms with Crippen LogP contribution in [0.5, 0.6) is 0 Å². The molecule has 0 aromatic heterocycles. The molecule has 0 fully saturated rings. The summed E-state index contributed by atoms with van der Waals surface area (Å²) in [6.45, 7) is 5.49. The fourth-order valence-electron chi connectivity index (χ4n) is 0.593. The van der Waals surface area contributed by atoms with E-state index in [1.54, 1.807) is 0 Å². The summed E-state index contributed by atoms with van der Waals surface area (Å²) in [6, 6.07) is 0. The molecule has 0 unspecified atom stereocenters. The van der Waals surface area contributed by atoms with Gasteiger partial charge in [-0.25, -0.2) is 4.79 Å². The Hall–Kier alpha value is 0.383. The number of halogens is 1.